The van der Waals surface area contributed by atoms with Crippen LogP contribution in [0.5, 0.6) is 5.75 Å². The van der Waals surface area contributed by atoms with Crippen molar-refractivity contribution < 1.29 is 9.13 Å². The zero-order chi connectivity index (χ0) is 25.4. The molecule has 0 N–H and O–H groups in total. The van der Waals surface area contributed by atoms with E-state index in [0.29, 0.717) is 29.0 Å². The first-order valence-corrected chi connectivity index (χ1v) is 14.6. The minimum atomic E-state index is -0.322. The smallest absolute Gasteiger partial charge is 0.263 e. The lowest BCUT2D eigenvalue weighted by Crippen LogP contribution is -2.19. The summed E-state index contributed by atoms with van der Waals surface area (Å²) in [5, 5.41) is 1.39. The van der Waals surface area contributed by atoms with E-state index in [1.807, 2.05) is 24.3 Å². The van der Waals surface area contributed by atoms with Crippen molar-refractivity contribution >= 4 is 10.8 Å². The van der Waals surface area contributed by atoms with Crippen LogP contribution in [-0.4, -0.2) is 11.2 Å². The zero-order valence-corrected chi connectivity index (χ0v) is 22.2. The molecule has 1 spiro atoms. The van der Waals surface area contributed by atoms with Gasteiger partial charge in [0.05, 0.1) is 12.3 Å². The number of unbranched alkanes of at least 4 members (excludes halogenated alkanes) is 1. The fourth-order valence-corrected chi connectivity index (χ4v) is 7.59. The monoisotopic (exact) mass is 501 g/mol. The zero-order valence-electron chi connectivity index (χ0n) is 22.2. The van der Waals surface area contributed by atoms with Gasteiger partial charge in [0.15, 0.2) is 0 Å². The van der Waals surface area contributed by atoms with Gasteiger partial charge in [-0.1, -0.05) is 51.5 Å². The summed E-state index contributed by atoms with van der Waals surface area (Å²) in [6.45, 7) is 2.79. The minimum absolute atomic E-state index is 0.204. The van der Waals surface area contributed by atoms with E-state index < -0.39 is 0 Å². The molecule has 3 saturated carbocycles. The molecule has 3 aromatic rings. The highest BCUT2D eigenvalue weighted by Crippen LogP contribution is 2.68. The normalized spacial score (nSPS) is 25.7. The number of hydrogen-bond donors (Lipinski definition) is 0. The summed E-state index contributed by atoms with van der Waals surface area (Å²) >= 11 is 0. The van der Waals surface area contributed by atoms with Crippen molar-refractivity contribution in [1.29, 1.82) is 0 Å². The van der Waals surface area contributed by atoms with Crippen molar-refractivity contribution in [3.05, 3.63) is 70.4 Å². The van der Waals surface area contributed by atoms with Crippen LogP contribution in [0.25, 0.3) is 16.5 Å². The van der Waals surface area contributed by atoms with E-state index in [4.69, 9.17) is 4.74 Å². The predicted molar refractivity (Wildman–Crippen MR) is 148 cm³/mol. The lowest BCUT2D eigenvalue weighted by Gasteiger charge is -2.24. The number of pyridine rings is 1. The van der Waals surface area contributed by atoms with Crippen LogP contribution in [0, 0.1) is 29.0 Å². The molecule has 0 radical (unpaired) electrons. The average molecular weight is 502 g/mol. The third-order valence-electron chi connectivity index (χ3n) is 9.66. The Kier molecular flexibility index (Phi) is 6.86. The van der Waals surface area contributed by atoms with Crippen molar-refractivity contribution in [2.24, 2.45) is 23.2 Å². The van der Waals surface area contributed by atoms with E-state index in [9.17, 15) is 4.79 Å². The Morgan fingerprint density at radius 1 is 1.03 bits per heavy atom. The highest BCUT2D eigenvalue weighted by Gasteiger charge is 2.59. The van der Waals surface area contributed by atoms with Crippen LogP contribution in [0.3, 0.4) is 0 Å². The Hall–Kier alpha value is -2.62. The lowest BCUT2D eigenvalue weighted by atomic mass is 9.82. The SMILES string of the molecule is CCCCOc1ccc2c(=O)n(-c3ccc(CC4CCC5(C4)CC5C4CCCCC4)cc3F)ccc2c1. The second-order valence-corrected chi connectivity index (χ2v) is 12.1. The Balaban J connectivity index is 1.14. The molecule has 3 aliphatic carbocycles. The van der Waals surface area contributed by atoms with Crippen molar-refractivity contribution in [3.8, 4) is 11.4 Å². The highest BCUT2D eigenvalue weighted by atomic mass is 19.1. The molecule has 3 fully saturated rings. The first kappa shape index (κ1) is 24.7. The molecule has 0 aliphatic heterocycles. The first-order valence-electron chi connectivity index (χ1n) is 14.6. The van der Waals surface area contributed by atoms with Crippen LogP contribution in [0.4, 0.5) is 4.39 Å². The summed E-state index contributed by atoms with van der Waals surface area (Å²) < 4.78 is 22.5. The maximum Gasteiger partial charge on any atom is 0.263 e. The fourth-order valence-electron chi connectivity index (χ4n) is 7.59. The Bertz CT molecular complexity index is 1320. The molecule has 1 aromatic heterocycles. The third-order valence-corrected chi connectivity index (χ3v) is 9.66. The van der Waals surface area contributed by atoms with Crippen LogP contribution >= 0.6 is 0 Å². The largest absolute Gasteiger partial charge is 0.494 e. The van der Waals surface area contributed by atoms with E-state index in [1.54, 1.807) is 24.4 Å². The molecule has 3 unspecified atom stereocenters. The van der Waals surface area contributed by atoms with Gasteiger partial charge >= 0.3 is 0 Å². The van der Waals surface area contributed by atoms with E-state index in [0.717, 1.165) is 47.8 Å². The summed E-state index contributed by atoms with van der Waals surface area (Å²) in [6, 6.07) is 12.8. The predicted octanol–water partition coefficient (Wildman–Crippen LogP) is 8.24. The third kappa shape index (κ3) is 4.96. The number of ether oxygens (including phenoxy) is 1. The van der Waals surface area contributed by atoms with E-state index in [2.05, 4.69) is 6.92 Å². The number of aromatic nitrogens is 1. The molecule has 0 amide bonds. The Morgan fingerprint density at radius 3 is 2.70 bits per heavy atom. The molecule has 2 aromatic carbocycles. The summed E-state index contributed by atoms with van der Waals surface area (Å²) in [6.07, 6.45) is 17.3. The van der Waals surface area contributed by atoms with E-state index in [-0.39, 0.29) is 11.4 Å². The van der Waals surface area contributed by atoms with E-state index in [1.165, 1.54) is 62.4 Å². The van der Waals surface area contributed by atoms with Crippen molar-refractivity contribution in [2.45, 2.75) is 84.0 Å². The number of halogens is 1. The highest BCUT2D eigenvalue weighted by molar-refractivity contribution is 5.83. The van der Waals surface area contributed by atoms with Gasteiger partial charge in [0.25, 0.3) is 5.56 Å². The van der Waals surface area contributed by atoms with Crippen LogP contribution in [0.1, 0.15) is 83.1 Å². The number of hydrogen-bond acceptors (Lipinski definition) is 2. The van der Waals surface area contributed by atoms with Gasteiger partial charge in [0.1, 0.15) is 11.6 Å². The maximum absolute atomic E-state index is 15.3. The topological polar surface area (TPSA) is 31.2 Å². The molecule has 1 heterocycles. The molecule has 0 saturated heterocycles. The second kappa shape index (κ2) is 10.3. The van der Waals surface area contributed by atoms with Crippen molar-refractivity contribution in [3.63, 3.8) is 0 Å². The standard InChI is InChI=1S/C33H40FNO2/c1-2-3-17-37-27-10-11-28-26(20-27)14-16-35(32(28)36)31-12-9-23(19-30(31)34)18-24-13-15-33(21-24)22-29(33)25-7-5-4-6-8-25/h9-12,14,16,19-20,24-25,29H,2-8,13,15,17-18,21-22H2,1H3. The summed E-state index contributed by atoms with van der Waals surface area (Å²) in [7, 11) is 0. The molecule has 6 rings (SSSR count). The van der Waals surface area contributed by atoms with Crippen molar-refractivity contribution in [1.82, 2.24) is 4.57 Å². The van der Waals surface area contributed by atoms with Gasteiger partial charge in [-0.3, -0.25) is 9.36 Å². The Morgan fingerprint density at radius 2 is 1.89 bits per heavy atom. The van der Waals surface area contributed by atoms with Crippen LogP contribution in [0.15, 0.2) is 53.5 Å². The Labute approximate surface area is 220 Å². The lowest BCUT2D eigenvalue weighted by molar-refractivity contribution is 0.274. The number of nitrogens with zero attached hydrogens (tertiary/aromatic N) is 1. The maximum atomic E-state index is 15.3. The molecule has 196 valence electrons. The molecular weight excluding hydrogens is 461 g/mol. The first-order chi connectivity index (χ1) is 18.1. The van der Waals surface area contributed by atoms with Gasteiger partial charge in [-0.05, 0) is 109 Å². The van der Waals surface area contributed by atoms with Gasteiger partial charge in [-0.25, -0.2) is 4.39 Å². The molecule has 3 aliphatic rings. The summed E-state index contributed by atoms with van der Waals surface area (Å²) in [4.78, 5) is 13.2. The second-order valence-electron chi connectivity index (χ2n) is 12.1. The van der Waals surface area contributed by atoms with Crippen LogP contribution < -0.4 is 10.3 Å². The van der Waals surface area contributed by atoms with Crippen LogP contribution in [-0.2, 0) is 6.42 Å². The summed E-state index contributed by atoms with van der Waals surface area (Å²) in [5.74, 6) is 3.05. The fraction of sp³-hybridized carbons (Fsp3) is 0.545. The van der Waals surface area contributed by atoms with Gasteiger partial charge in [0.2, 0.25) is 0 Å². The molecule has 4 heteroatoms. The summed E-state index contributed by atoms with van der Waals surface area (Å²) in [5.41, 5.74) is 1.79. The minimum Gasteiger partial charge on any atom is -0.494 e. The molecular formula is C33H40FNO2. The quantitative estimate of drug-likeness (QED) is 0.291. The average Bonchev–Trinajstić information content (AvgIpc) is 3.47. The van der Waals surface area contributed by atoms with Gasteiger partial charge < -0.3 is 4.74 Å². The number of fused-ring (bicyclic) bond motifs is 1. The van der Waals surface area contributed by atoms with Crippen LogP contribution in [0.2, 0.25) is 0 Å². The number of rotatable bonds is 8. The molecule has 3 nitrogen and oxygen atoms in total. The van der Waals surface area contributed by atoms with Gasteiger partial charge in [-0.2, -0.15) is 0 Å². The number of benzene rings is 2. The van der Waals surface area contributed by atoms with E-state index >= 15 is 4.39 Å². The van der Waals surface area contributed by atoms with Gasteiger partial charge in [-0.15, -0.1) is 0 Å². The molecule has 3 atom stereocenters. The van der Waals surface area contributed by atoms with Gasteiger partial charge in [0, 0.05) is 11.6 Å². The van der Waals surface area contributed by atoms with Crippen molar-refractivity contribution in [2.75, 3.05) is 6.61 Å². The molecule has 37 heavy (non-hydrogen) atoms. The molecule has 0 bridgehead atoms.